The number of nitrogens with one attached hydrogen (secondary N) is 1. The van der Waals surface area contributed by atoms with Gasteiger partial charge in [-0.05, 0) is 6.07 Å². The summed E-state index contributed by atoms with van der Waals surface area (Å²) >= 11 is 0. The second-order valence-corrected chi connectivity index (χ2v) is 7.88. The molecule has 1 N–H and O–H groups in total. The minimum absolute atomic E-state index is 0.0172. The number of aromatic nitrogens is 6. The van der Waals surface area contributed by atoms with E-state index in [1.807, 2.05) is 0 Å². The zero-order valence-corrected chi connectivity index (χ0v) is 17.6. The molecule has 0 aromatic carbocycles. The number of nitrogens with zero attached hydrogens (tertiary/aromatic N) is 7. The number of pyridine rings is 1. The number of amides is 1. The molecule has 168 valence electrons. The third-order valence-corrected chi connectivity index (χ3v) is 5.73. The van der Waals surface area contributed by atoms with E-state index in [4.69, 9.17) is 0 Å². The molecule has 5 rings (SSSR count). The molecular formula is C21H17F3N8O. The third kappa shape index (κ3) is 3.32. The van der Waals surface area contributed by atoms with Crippen LogP contribution in [0.5, 0.6) is 0 Å². The van der Waals surface area contributed by atoms with Crippen molar-refractivity contribution in [3.63, 3.8) is 0 Å². The highest BCUT2D eigenvalue weighted by atomic mass is 19.4. The van der Waals surface area contributed by atoms with Crippen LogP contribution in [0.1, 0.15) is 23.5 Å². The van der Waals surface area contributed by atoms with E-state index in [1.165, 1.54) is 28.2 Å². The summed E-state index contributed by atoms with van der Waals surface area (Å²) in [5, 5.41) is 18.3. The fourth-order valence-corrected chi connectivity index (χ4v) is 4.14. The molecule has 0 saturated carbocycles. The average Bonchev–Trinajstić information content (AvgIpc) is 3.45. The Bertz CT molecular complexity index is 1450. The molecule has 4 bridgehead atoms. The molecule has 5 heterocycles. The number of carbonyl (C=O) groups excluding carboxylic acids is 1. The standard InChI is InChI=1S/C21H17F3N8O/c1-30-10-15-18(16(6-25)31(2)28-15)11-5-12-13(8-27-20(12)26-7-11)14-9-32(4-3-17(30)33)29-19(14)21(22,23)24/h5,7-9H,3-4,10H2,1-2H3,(H,26,27). The van der Waals surface area contributed by atoms with Crippen molar-refractivity contribution in [2.24, 2.45) is 7.05 Å². The lowest BCUT2D eigenvalue weighted by molar-refractivity contribution is -0.141. The summed E-state index contributed by atoms with van der Waals surface area (Å²) in [5.74, 6) is -0.288. The summed E-state index contributed by atoms with van der Waals surface area (Å²) in [6, 6.07) is 3.80. The number of halogens is 3. The van der Waals surface area contributed by atoms with Crippen molar-refractivity contribution in [3.05, 3.63) is 41.7 Å². The molecule has 0 saturated heterocycles. The van der Waals surface area contributed by atoms with Crippen LogP contribution in [0, 0.1) is 11.3 Å². The number of nitriles is 1. The van der Waals surface area contributed by atoms with Gasteiger partial charge in [-0.3, -0.25) is 14.2 Å². The van der Waals surface area contributed by atoms with Crippen LogP contribution in [0.25, 0.3) is 33.3 Å². The fraction of sp³-hybridized carbons (Fsp3) is 0.286. The van der Waals surface area contributed by atoms with Crippen LogP contribution in [-0.4, -0.2) is 47.4 Å². The molecule has 0 fully saturated rings. The predicted octanol–water partition coefficient (Wildman–Crippen LogP) is 3.08. The van der Waals surface area contributed by atoms with E-state index >= 15 is 0 Å². The summed E-state index contributed by atoms with van der Waals surface area (Å²) in [5.41, 5.74) is 1.30. The van der Waals surface area contributed by atoms with Gasteiger partial charge in [0.15, 0.2) is 5.69 Å². The maximum atomic E-state index is 13.8. The van der Waals surface area contributed by atoms with Gasteiger partial charge >= 0.3 is 6.18 Å². The number of alkyl halides is 3. The Morgan fingerprint density at radius 3 is 2.73 bits per heavy atom. The van der Waals surface area contributed by atoms with Crippen molar-refractivity contribution in [3.8, 4) is 28.3 Å². The topological polar surface area (TPSA) is 108 Å². The monoisotopic (exact) mass is 454 g/mol. The highest BCUT2D eigenvalue weighted by molar-refractivity contribution is 5.96. The number of rotatable bonds is 0. The van der Waals surface area contributed by atoms with Crippen molar-refractivity contribution in [2.75, 3.05) is 7.05 Å². The summed E-state index contributed by atoms with van der Waals surface area (Å²) in [4.78, 5) is 21.4. The van der Waals surface area contributed by atoms with Gasteiger partial charge in [0.05, 0.1) is 12.2 Å². The summed E-state index contributed by atoms with van der Waals surface area (Å²) in [6.45, 7) is 0.108. The molecule has 0 unspecified atom stereocenters. The molecule has 0 spiro atoms. The summed E-state index contributed by atoms with van der Waals surface area (Å²) < 4.78 is 44.0. The smallest absolute Gasteiger partial charge is 0.346 e. The molecule has 1 aliphatic heterocycles. The molecule has 9 nitrogen and oxygen atoms in total. The second-order valence-electron chi connectivity index (χ2n) is 7.88. The van der Waals surface area contributed by atoms with Crippen molar-refractivity contribution in [1.29, 1.82) is 5.26 Å². The van der Waals surface area contributed by atoms with Gasteiger partial charge in [-0.1, -0.05) is 0 Å². The van der Waals surface area contributed by atoms with Crippen LogP contribution in [0.4, 0.5) is 13.2 Å². The predicted molar refractivity (Wildman–Crippen MR) is 110 cm³/mol. The van der Waals surface area contributed by atoms with E-state index in [9.17, 15) is 23.2 Å². The molecule has 0 radical (unpaired) electrons. The van der Waals surface area contributed by atoms with E-state index in [2.05, 4.69) is 26.2 Å². The van der Waals surface area contributed by atoms with Crippen molar-refractivity contribution in [2.45, 2.75) is 25.7 Å². The van der Waals surface area contributed by atoms with E-state index in [1.54, 1.807) is 20.2 Å². The molecule has 0 atom stereocenters. The van der Waals surface area contributed by atoms with Gasteiger partial charge in [0, 0.05) is 73.3 Å². The van der Waals surface area contributed by atoms with E-state index in [0.29, 0.717) is 27.9 Å². The summed E-state index contributed by atoms with van der Waals surface area (Å²) in [6.07, 6.45) is -0.441. The normalized spacial score (nSPS) is 14.4. The third-order valence-electron chi connectivity index (χ3n) is 5.73. The molecule has 4 aromatic heterocycles. The van der Waals surface area contributed by atoms with E-state index < -0.39 is 11.9 Å². The lowest BCUT2D eigenvalue weighted by Crippen LogP contribution is -2.27. The average molecular weight is 454 g/mol. The van der Waals surface area contributed by atoms with Crippen LogP contribution in [0.3, 0.4) is 0 Å². The van der Waals surface area contributed by atoms with Crippen LogP contribution in [0.15, 0.2) is 24.7 Å². The van der Waals surface area contributed by atoms with Crippen LogP contribution < -0.4 is 0 Å². The molecule has 0 aliphatic carbocycles. The first-order chi connectivity index (χ1) is 15.7. The highest BCUT2D eigenvalue weighted by Crippen LogP contribution is 2.40. The quantitative estimate of drug-likeness (QED) is 0.439. The van der Waals surface area contributed by atoms with Crippen LogP contribution in [-0.2, 0) is 31.1 Å². The maximum absolute atomic E-state index is 13.8. The Balaban J connectivity index is 1.82. The molecule has 33 heavy (non-hydrogen) atoms. The number of hydrogen-bond donors (Lipinski definition) is 1. The first-order valence-electron chi connectivity index (χ1n) is 10.00. The molecular weight excluding hydrogens is 437 g/mol. The Morgan fingerprint density at radius 2 is 2.00 bits per heavy atom. The zero-order chi connectivity index (χ0) is 23.5. The Hall–Kier alpha value is -4.14. The van der Waals surface area contributed by atoms with E-state index in [0.717, 1.165) is 4.68 Å². The number of carbonyl (C=O) groups is 1. The first kappa shape index (κ1) is 20.7. The van der Waals surface area contributed by atoms with Gasteiger partial charge in [-0.2, -0.15) is 28.6 Å². The lowest BCUT2D eigenvalue weighted by Gasteiger charge is -2.17. The SMILES string of the molecule is CN1Cc2nn(C)c(C#N)c2-c2cnc3[nH]cc(c3c2)-c2cn(nc2C(F)(F)F)CCC1=O. The van der Waals surface area contributed by atoms with Gasteiger partial charge in [0.1, 0.15) is 17.4 Å². The van der Waals surface area contributed by atoms with Crippen LogP contribution in [0.2, 0.25) is 0 Å². The minimum Gasteiger partial charge on any atom is -0.346 e. The second kappa shape index (κ2) is 7.19. The molecule has 1 amide bonds. The molecule has 12 heteroatoms. The van der Waals surface area contributed by atoms with Gasteiger partial charge < -0.3 is 9.88 Å². The van der Waals surface area contributed by atoms with Gasteiger partial charge in [0.25, 0.3) is 0 Å². The Labute approximate surface area is 185 Å². The van der Waals surface area contributed by atoms with Gasteiger partial charge in [-0.15, -0.1) is 0 Å². The zero-order valence-electron chi connectivity index (χ0n) is 17.6. The van der Waals surface area contributed by atoms with Gasteiger partial charge in [-0.25, -0.2) is 4.98 Å². The summed E-state index contributed by atoms with van der Waals surface area (Å²) in [7, 11) is 3.21. The van der Waals surface area contributed by atoms with Gasteiger partial charge in [0.2, 0.25) is 5.91 Å². The molecule has 4 aromatic rings. The highest BCUT2D eigenvalue weighted by Gasteiger charge is 2.38. The number of hydrogen-bond acceptors (Lipinski definition) is 5. The molecule has 1 aliphatic rings. The fourth-order valence-electron chi connectivity index (χ4n) is 4.14. The minimum atomic E-state index is -4.69. The van der Waals surface area contributed by atoms with Crippen molar-refractivity contribution in [1.82, 2.24) is 34.4 Å². The maximum Gasteiger partial charge on any atom is 0.435 e. The number of H-pyrrole nitrogens is 1. The van der Waals surface area contributed by atoms with E-state index in [-0.39, 0.29) is 42.2 Å². The van der Waals surface area contributed by atoms with Crippen LogP contribution >= 0.6 is 0 Å². The Kier molecular flexibility index (Phi) is 4.52. The number of aromatic amines is 1. The number of fused-ring (bicyclic) bond motifs is 6. The first-order valence-corrected chi connectivity index (χ1v) is 10.00. The largest absolute Gasteiger partial charge is 0.435 e. The van der Waals surface area contributed by atoms with Crippen molar-refractivity contribution < 1.29 is 18.0 Å². The number of aryl methyl sites for hydroxylation is 2. The lowest BCUT2D eigenvalue weighted by atomic mass is 10.0. The Morgan fingerprint density at radius 1 is 1.21 bits per heavy atom. The van der Waals surface area contributed by atoms with Crippen molar-refractivity contribution >= 4 is 16.9 Å².